The van der Waals surface area contributed by atoms with E-state index in [1.54, 1.807) is 5.51 Å². The number of carboxylic acids is 1. The molecule has 0 unspecified atom stereocenters. The minimum Gasteiger partial charge on any atom is -0.476 e. The van der Waals surface area contributed by atoms with Gasteiger partial charge in [-0.15, -0.1) is 11.3 Å². The summed E-state index contributed by atoms with van der Waals surface area (Å²) < 4.78 is 5.64. The molecule has 0 atom stereocenters. The molecular weight excluding hydrogens is 250 g/mol. The molecule has 0 bridgehead atoms. The number of aromatic nitrogens is 1. The van der Waals surface area contributed by atoms with E-state index in [0.717, 1.165) is 16.5 Å². The van der Waals surface area contributed by atoms with Crippen LogP contribution < -0.4 is 0 Å². The summed E-state index contributed by atoms with van der Waals surface area (Å²) in [5.74, 6) is -0.307. The number of hydrogen-bond donors (Lipinski definition) is 1. The maximum absolute atomic E-state index is 11.1. The molecule has 1 aromatic carbocycles. The smallest absolute Gasteiger partial charge is 0.356 e. The molecule has 0 saturated carbocycles. The Hall–Kier alpha value is -2.14. The lowest BCUT2D eigenvalue weighted by molar-refractivity contribution is 0.0692. The first-order chi connectivity index (χ1) is 8.68. The monoisotopic (exact) mass is 259 g/mol. The van der Waals surface area contributed by atoms with Crippen molar-refractivity contribution in [3.8, 4) is 10.4 Å². The molecule has 0 radical (unpaired) electrons. The number of aromatic carboxylic acids is 1. The van der Waals surface area contributed by atoms with Crippen LogP contribution in [0.15, 0.2) is 34.2 Å². The highest BCUT2D eigenvalue weighted by Crippen LogP contribution is 2.38. The van der Waals surface area contributed by atoms with Gasteiger partial charge in [0.2, 0.25) is 0 Å². The summed E-state index contributed by atoms with van der Waals surface area (Å²) in [6, 6.07) is 7.59. The molecule has 0 aliphatic heterocycles. The number of rotatable bonds is 2. The lowest BCUT2D eigenvalue weighted by Crippen LogP contribution is -1.98. The van der Waals surface area contributed by atoms with Crippen molar-refractivity contribution >= 4 is 28.3 Å². The zero-order chi connectivity index (χ0) is 12.7. The Balaban J connectivity index is 2.34. The van der Waals surface area contributed by atoms with Crippen LogP contribution in [0.2, 0.25) is 0 Å². The van der Waals surface area contributed by atoms with Crippen molar-refractivity contribution in [1.82, 2.24) is 4.98 Å². The molecule has 1 N–H and O–H groups in total. The van der Waals surface area contributed by atoms with Crippen molar-refractivity contribution in [2.24, 2.45) is 0 Å². The van der Waals surface area contributed by atoms with Crippen LogP contribution in [0.25, 0.3) is 21.4 Å². The molecule has 0 fully saturated rings. The van der Waals surface area contributed by atoms with Gasteiger partial charge >= 0.3 is 5.97 Å². The summed E-state index contributed by atoms with van der Waals surface area (Å²) in [4.78, 5) is 15.7. The van der Waals surface area contributed by atoms with E-state index in [2.05, 4.69) is 4.98 Å². The zero-order valence-corrected chi connectivity index (χ0v) is 10.3. The van der Waals surface area contributed by atoms with Gasteiger partial charge in [0.05, 0.1) is 10.4 Å². The minimum atomic E-state index is -1.02. The Bertz CT molecular complexity index is 742. The summed E-state index contributed by atoms with van der Waals surface area (Å²) >= 11 is 1.31. The highest BCUT2D eigenvalue weighted by Gasteiger charge is 2.21. The summed E-state index contributed by atoms with van der Waals surface area (Å²) in [5, 5.41) is 10.0. The van der Waals surface area contributed by atoms with Crippen LogP contribution in [0.3, 0.4) is 0 Å². The van der Waals surface area contributed by atoms with Crippen LogP contribution in [0.1, 0.15) is 16.2 Å². The average molecular weight is 259 g/mol. The molecule has 18 heavy (non-hydrogen) atoms. The van der Waals surface area contributed by atoms with E-state index in [0.29, 0.717) is 10.6 Å². The lowest BCUT2D eigenvalue weighted by atomic mass is 10.1. The molecule has 90 valence electrons. The van der Waals surface area contributed by atoms with Crippen molar-refractivity contribution < 1.29 is 14.3 Å². The van der Waals surface area contributed by atoms with Crippen LogP contribution in [0, 0.1) is 6.92 Å². The molecule has 0 aliphatic rings. The summed E-state index contributed by atoms with van der Waals surface area (Å²) in [5.41, 5.74) is 3.20. The van der Waals surface area contributed by atoms with Gasteiger partial charge in [0.1, 0.15) is 11.3 Å². The summed E-state index contributed by atoms with van der Waals surface area (Å²) in [7, 11) is 0. The molecular formula is C13H9NO3S. The molecule has 0 saturated heterocycles. The molecule has 4 nitrogen and oxygen atoms in total. The van der Waals surface area contributed by atoms with Gasteiger partial charge in [0, 0.05) is 10.9 Å². The summed E-state index contributed by atoms with van der Waals surface area (Å²) in [6.45, 7) is 1.83. The van der Waals surface area contributed by atoms with Gasteiger partial charge in [-0.05, 0) is 13.0 Å². The van der Waals surface area contributed by atoms with Crippen molar-refractivity contribution in [1.29, 1.82) is 0 Å². The van der Waals surface area contributed by atoms with Crippen molar-refractivity contribution in [2.45, 2.75) is 6.92 Å². The number of nitrogens with zero attached hydrogens (tertiary/aromatic N) is 1. The highest BCUT2D eigenvalue weighted by molar-refractivity contribution is 7.13. The Labute approximate surface area is 107 Å². The van der Waals surface area contributed by atoms with E-state index in [1.807, 2.05) is 31.2 Å². The second-order valence-corrected chi connectivity index (χ2v) is 4.72. The van der Waals surface area contributed by atoms with Gasteiger partial charge in [-0.3, -0.25) is 0 Å². The average Bonchev–Trinajstić information content (AvgIpc) is 2.91. The molecule has 5 heteroatoms. The number of benzene rings is 1. The first-order valence-electron chi connectivity index (χ1n) is 5.33. The van der Waals surface area contributed by atoms with Crippen LogP contribution in [-0.2, 0) is 0 Å². The first-order valence-corrected chi connectivity index (χ1v) is 6.21. The van der Waals surface area contributed by atoms with Gasteiger partial charge in [0.15, 0.2) is 5.69 Å². The molecule has 0 spiro atoms. The first kappa shape index (κ1) is 11.0. The molecule has 0 aliphatic carbocycles. The molecule has 3 aromatic rings. The van der Waals surface area contributed by atoms with Gasteiger partial charge in [-0.1, -0.05) is 18.2 Å². The van der Waals surface area contributed by atoms with E-state index >= 15 is 0 Å². The normalized spacial score (nSPS) is 10.9. The van der Waals surface area contributed by atoms with E-state index in [1.165, 1.54) is 11.3 Å². The highest BCUT2D eigenvalue weighted by atomic mass is 32.1. The lowest BCUT2D eigenvalue weighted by Gasteiger charge is -1.97. The number of furan rings is 1. The molecule has 3 rings (SSSR count). The Morgan fingerprint density at radius 1 is 1.39 bits per heavy atom. The number of fused-ring (bicyclic) bond motifs is 1. The summed E-state index contributed by atoms with van der Waals surface area (Å²) in [6.07, 6.45) is 0. The fourth-order valence-electron chi connectivity index (χ4n) is 2.03. The Morgan fingerprint density at radius 2 is 2.17 bits per heavy atom. The Kier molecular flexibility index (Phi) is 2.41. The van der Waals surface area contributed by atoms with Crippen molar-refractivity contribution in [3.63, 3.8) is 0 Å². The van der Waals surface area contributed by atoms with E-state index in [9.17, 15) is 4.79 Å². The number of para-hydroxylation sites is 1. The Morgan fingerprint density at radius 3 is 2.94 bits per heavy atom. The maximum Gasteiger partial charge on any atom is 0.356 e. The molecule has 0 amide bonds. The number of hydrogen-bond acceptors (Lipinski definition) is 4. The molecule has 2 heterocycles. The van der Waals surface area contributed by atoms with Crippen LogP contribution in [-0.4, -0.2) is 16.1 Å². The second-order valence-electron chi connectivity index (χ2n) is 3.86. The third-order valence-corrected chi connectivity index (χ3v) is 3.61. The van der Waals surface area contributed by atoms with E-state index in [4.69, 9.17) is 9.52 Å². The van der Waals surface area contributed by atoms with Crippen LogP contribution >= 0.6 is 11.3 Å². The van der Waals surface area contributed by atoms with Gasteiger partial charge < -0.3 is 9.52 Å². The number of carboxylic acid groups (broad SMARTS) is 1. The SMILES string of the molecule is Cc1oc2ccccc2c1-c1scnc1C(=O)O. The van der Waals surface area contributed by atoms with Crippen LogP contribution in [0.5, 0.6) is 0 Å². The van der Waals surface area contributed by atoms with E-state index < -0.39 is 5.97 Å². The third-order valence-electron chi connectivity index (χ3n) is 2.77. The fraction of sp³-hybridized carbons (Fsp3) is 0.0769. The van der Waals surface area contributed by atoms with Gasteiger partial charge in [-0.25, -0.2) is 9.78 Å². The van der Waals surface area contributed by atoms with E-state index in [-0.39, 0.29) is 5.69 Å². The minimum absolute atomic E-state index is 0.0784. The zero-order valence-electron chi connectivity index (χ0n) is 9.51. The number of thiazole rings is 1. The fourth-order valence-corrected chi connectivity index (χ4v) is 2.91. The quantitative estimate of drug-likeness (QED) is 0.764. The van der Waals surface area contributed by atoms with Gasteiger partial charge in [-0.2, -0.15) is 0 Å². The van der Waals surface area contributed by atoms with Crippen molar-refractivity contribution in [3.05, 3.63) is 41.2 Å². The molecule has 2 aromatic heterocycles. The number of carbonyl (C=O) groups is 1. The third kappa shape index (κ3) is 1.52. The van der Waals surface area contributed by atoms with Gasteiger partial charge in [0.25, 0.3) is 0 Å². The second kappa shape index (κ2) is 3.96. The predicted molar refractivity (Wildman–Crippen MR) is 69.0 cm³/mol. The van der Waals surface area contributed by atoms with Crippen LogP contribution in [0.4, 0.5) is 0 Å². The number of aryl methyl sites for hydroxylation is 1. The predicted octanol–water partition coefficient (Wildman–Crippen LogP) is 3.56. The largest absolute Gasteiger partial charge is 0.476 e. The topological polar surface area (TPSA) is 63.3 Å². The standard InChI is InChI=1S/C13H9NO3S/c1-7-10(8-4-2-3-5-9(8)17-7)12-11(13(15)16)14-6-18-12/h2-6H,1H3,(H,15,16). The maximum atomic E-state index is 11.1. The van der Waals surface area contributed by atoms with Crippen molar-refractivity contribution in [2.75, 3.05) is 0 Å².